The molecule has 0 aliphatic carbocycles. The van der Waals surface area contributed by atoms with Crippen LogP contribution in [0.4, 0.5) is 5.95 Å². The van der Waals surface area contributed by atoms with E-state index in [1.807, 2.05) is 0 Å². The molecule has 0 radical (unpaired) electrons. The van der Waals surface area contributed by atoms with Gasteiger partial charge in [-0.1, -0.05) is 0 Å². The van der Waals surface area contributed by atoms with E-state index in [-0.39, 0.29) is 11.9 Å². The third kappa shape index (κ3) is 4.59. The summed E-state index contributed by atoms with van der Waals surface area (Å²) in [6.45, 7) is 2.61. The molecule has 6 heteroatoms. The molecular formula is C10H15N3O3. The zero-order valence-electron chi connectivity index (χ0n) is 9.18. The van der Waals surface area contributed by atoms with Gasteiger partial charge < -0.3 is 15.2 Å². The lowest BCUT2D eigenvalue weighted by molar-refractivity contribution is -0.143. The summed E-state index contributed by atoms with van der Waals surface area (Å²) < 4.78 is 10.1. The van der Waals surface area contributed by atoms with Gasteiger partial charge in [0.2, 0.25) is 5.95 Å². The van der Waals surface area contributed by atoms with Gasteiger partial charge in [-0.05, 0) is 13.3 Å². The summed E-state index contributed by atoms with van der Waals surface area (Å²) in [4.78, 5) is 18.5. The number of nitrogens with zero attached hydrogens (tertiary/aromatic N) is 2. The van der Waals surface area contributed by atoms with E-state index in [1.165, 1.54) is 12.4 Å². The van der Waals surface area contributed by atoms with E-state index in [1.54, 1.807) is 6.92 Å². The lowest BCUT2D eigenvalue weighted by atomic mass is 10.3. The van der Waals surface area contributed by atoms with E-state index < -0.39 is 0 Å². The van der Waals surface area contributed by atoms with Crippen LogP contribution in [0.25, 0.3) is 0 Å². The number of carbonyl (C=O) groups excluding carboxylic acids is 1. The van der Waals surface area contributed by atoms with Crippen LogP contribution in [-0.2, 0) is 9.53 Å². The fourth-order valence-corrected chi connectivity index (χ4v) is 1.04. The van der Waals surface area contributed by atoms with Gasteiger partial charge in [0, 0.05) is 6.42 Å². The molecule has 0 unspecified atom stereocenters. The number of aromatic nitrogens is 2. The predicted octanol–water partition coefficient (Wildman–Crippen LogP) is 0.781. The number of nitrogens with two attached hydrogens (primary N) is 1. The van der Waals surface area contributed by atoms with E-state index in [9.17, 15) is 4.79 Å². The fraction of sp³-hybridized carbons (Fsp3) is 0.500. The maximum Gasteiger partial charge on any atom is 0.305 e. The molecule has 0 aliphatic heterocycles. The van der Waals surface area contributed by atoms with Crippen molar-refractivity contribution < 1.29 is 14.3 Å². The Bertz CT molecular complexity index is 327. The monoisotopic (exact) mass is 225 g/mol. The molecule has 0 aliphatic rings. The van der Waals surface area contributed by atoms with Crippen molar-refractivity contribution in [3.63, 3.8) is 0 Å². The van der Waals surface area contributed by atoms with Crippen molar-refractivity contribution in [2.24, 2.45) is 0 Å². The van der Waals surface area contributed by atoms with Gasteiger partial charge in [0.05, 0.1) is 25.6 Å². The Morgan fingerprint density at radius 2 is 2.12 bits per heavy atom. The standard InChI is InChI=1S/C10H15N3O3/c1-2-15-9(14)4-3-5-16-8-6-12-10(11)13-7-8/h6-7H,2-5H2,1H3,(H2,11,12,13). The Kier molecular flexibility index (Phi) is 5.04. The topological polar surface area (TPSA) is 87.3 Å². The molecule has 0 spiro atoms. The maximum atomic E-state index is 11.0. The highest BCUT2D eigenvalue weighted by Crippen LogP contribution is 2.07. The van der Waals surface area contributed by atoms with Crippen molar-refractivity contribution >= 4 is 11.9 Å². The summed E-state index contributed by atoms with van der Waals surface area (Å²) in [7, 11) is 0. The molecule has 2 N–H and O–H groups in total. The average Bonchev–Trinajstić information content (AvgIpc) is 2.27. The molecule has 1 rings (SSSR count). The molecule has 0 bridgehead atoms. The number of rotatable bonds is 6. The second-order valence-electron chi connectivity index (χ2n) is 3.03. The van der Waals surface area contributed by atoms with E-state index in [4.69, 9.17) is 15.2 Å². The summed E-state index contributed by atoms with van der Waals surface area (Å²) in [5, 5.41) is 0. The van der Waals surface area contributed by atoms with E-state index in [0.29, 0.717) is 31.8 Å². The molecule has 0 amide bonds. The molecule has 0 fully saturated rings. The lowest BCUT2D eigenvalue weighted by Gasteiger charge is -2.05. The fourth-order valence-electron chi connectivity index (χ4n) is 1.04. The molecule has 6 nitrogen and oxygen atoms in total. The largest absolute Gasteiger partial charge is 0.490 e. The predicted molar refractivity (Wildman–Crippen MR) is 57.8 cm³/mol. The van der Waals surface area contributed by atoms with Crippen molar-refractivity contribution in [3.05, 3.63) is 12.4 Å². The Labute approximate surface area is 93.8 Å². The van der Waals surface area contributed by atoms with Gasteiger partial charge in [-0.2, -0.15) is 0 Å². The molecule has 16 heavy (non-hydrogen) atoms. The minimum Gasteiger partial charge on any atom is -0.490 e. The van der Waals surface area contributed by atoms with Crippen LogP contribution >= 0.6 is 0 Å². The van der Waals surface area contributed by atoms with Crippen LogP contribution in [0.2, 0.25) is 0 Å². The number of hydrogen-bond donors (Lipinski definition) is 1. The van der Waals surface area contributed by atoms with Gasteiger partial charge in [-0.25, -0.2) is 9.97 Å². The summed E-state index contributed by atoms with van der Waals surface area (Å²) in [6, 6.07) is 0. The van der Waals surface area contributed by atoms with Crippen molar-refractivity contribution in [1.82, 2.24) is 9.97 Å². The number of esters is 1. The Hall–Kier alpha value is -1.85. The molecule has 0 aromatic carbocycles. The minimum atomic E-state index is -0.209. The summed E-state index contributed by atoms with van der Waals surface area (Å²) >= 11 is 0. The van der Waals surface area contributed by atoms with E-state index in [0.717, 1.165) is 0 Å². The third-order valence-electron chi connectivity index (χ3n) is 1.75. The van der Waals surface area contributed by atoms with Gasteiger partial charge in [0.1, 0.15) is 0 Å². The Balaban J connectivity index is 2.16. The van der Waals surface area contributed by atoms with Crippen molar-refractivity contribution in [1.29, 1.82) is 0 Å². The van der Waals surface area contributed by atoms with Gasteiger partial charge in [-0.15, -0.1) is 0 Å². The van der Waals surface area contributed by atoms with Crippen LogP contribution in [0.15, 0.2) is 12.4 Å². The molecule has 0 saturated heterocycles. The number of carbonyl (C=O) groups is 1. The zero-order chi connectivity index (χ0) is 11.8. The van der Waals surface area contributed by atoms with E-state index in [2.05, 4.69) is 9.97 Å². The number of ether oxygens (including phenoxy) is 2. The van der Waals surface area contributed by atoms with Crippen LogP contribution in [-0.4, -0.2) is 29.2 Å². The number of nitrogen functional groups attached to an aromatic ring is 1. The molecule has 0 saturated carbocycles. The Morgan fingerprint density at radius 1 is 1.44 bits per heavy atom. The first-order valence-electron chi connectivity index (χ1n) is 5.08. The SMILES string of the molecule is CCOC(=O)CCCOc1cnc(N)nc1. The quantitative estimate of drug-likeness (QED) is 0.568. The summed E-state index contributed by atoms with van der Waals surface area (Å²) in [5.41, 5.74) is 5.32. The molecule has 1 aromatic rings. The lowest BCUT2D eigenvalue weighted by Crippen LogP contribution is -2.07. The first-order valence-corrected chi connectivity index (χ1v) is 5.08. The summed E-state index contributed by atoms with van der Waals surface area (Å²) in [6.07, 6.45) is 3.94. The van der Waals surface area contributed by atoms with Gasteiger partial charge >= 0.3 is 5.97 Å². The zero-order valence-corrected chi connectivity index (χ0v) is 9.18. The van der Waals surface area contributed by atoms with Crippen LogP contribution in [0.3, 0.4) is 0 Å². The van der Waals surface area contributed by atoms with Crippen molar-refractivity contribution in [2.45, 2.75) is 19.8 Å². The first-order chi connectivity index (χ1) is 7.72. The van der Waals surface area contributed by atoms with Gasteiger partial charge in [0.15, 0.2) is 5.75 Å². The highest BCUT2D eigenvalue weighted by atomic mass is 16.5. The summed E-state index contributed by atoms with van der Waals surface area (Å²) in [5.74, 6) is 0.539. The van der Waals surface area contributed by atoms with Crippen LogP contribution < -0.4 is 10.5 Å². The van der Waals surface area contributed by atoms with Gasteiger partial charge in [0.25, 0.3) is 0 Å². The van der Waals surface area contributed by atoms with Crippen LogP contribution in [0, 0.1) is 0 Å². The van der Waals surface area contributed by atoms with Crippen molar-refractivity contribution in [2.75, 3.05) is 18.9 Å². The van der Waals surface area contributed by atoms with Gasteiger partial charge in [-0.3, -0.25) is 4.79 Å². The van der Waals surface area contributed by atoms with Crippen LogP contribution in [0.1, 0.15) is 19.8 Å². The first kappa shape index (κ1) is 12.2. The van der Waals surface area contributed by atoms with Crippen LogP contribution in [0.5, 0.6) is 5.75 Å². The highest BCUT2D eigenvalue weighted by molar-refractivity contribution is 5.69. The minimum absolute atomic E-state index is 0.207. The Morgan fingerprint density at radius 3 is 2.75 bits per heavy atom. The number of hydrogen-bond acceptors (Lipinski definition) is 6. The molecule has 88 valence electrons. The molecule has 1 aromatic heterocycles. The maximum absolute atomic E-state index is 11.0. The molecule has 1 heterocycles. The molecule has 0 atom stereocenters. The average molecular weight is 225 g/mol. The second-order valence-corrected chi connectivity index (χ2v) is 3.03. The highest BCUT2D eigenvalue weighted by Gasteiger charge is 2.01. The smallest absolute Gasteiger partial charge is 0.305 e. The normalized spacial score (nSPS) is 9.81. The second kappa shape index (κ2) is 6.60. The molecular weight excluding hydrogens is 210 g/mol. The number of anilines is 1. The van der Waals surface area contributed by atoms with E-state index >= 15 is 0 Å². The van der Waals surface area contributed by atoms with Crippen molar-refractivity contribution in [3.8, 4) is 5.75 Å². The third-order valence-corrected chi connectivity index (χ3v) is 1.75.